The largest absolute Gasteiger partial charge is 0.391 e. The molecule has 0 saturated heterocycles. The van der Waals surface area contributed by atoms with E-state index in [0.29, 0.717) is 0 Å². The topological polar surface area (TPSA) is 35.5 Å². The lowest BCUT2D eigenvalue weighted by Gasteiger charge is -2.04. The summed E-state index contributed by atoms with van der Waals surface area (Å²) in [7, 11) is 1.07. The zero-order valence-electron chi connectivity index (χ0n) is 5.68. The number of halogens is 3. The summed E-state index contributed by atoms with van der Waals surface area (Å²) in [5.41, 5.74) is 0. The van der Waals surface area contributed by atoms with Crippen molar-refractivity contribution in [2.45, 2.75) is 12.6 Å². The van der Waals surface area contributed by atoms with Crippen molar-refractivity contribution >= 4 is 11.4 Å². The molecule has 0 saturated carbocycles. The van der Waals surface area contributed by atoms with E-state index in [1.807, 2.05) is 0 Å². The third kappa shape index (κ3) is 7.76. The first kappa shape index (κ1) is 10.9. The summed E-state index contributed by atoms with van der Waals surface area (Å²) in [5, 5.41) is 0. The Labute approximate surface area is 64.4 Å². The van der Waals surface area contributed by atoms with Gasteiger partial charge in [0.15, 0.2) is 0 Å². The maximum atomic E-state index is 11.4. The van der Waals surface area contributed by atoms with Gasteiger partial charge in [-0.1, -0.05) is 0 Å². The maximum absolute atomic E-state index is 11.4. The van der Waals surface area contributed by atoms with E-state index < -0.39 is 30.6 Å². The Bertz CT molecular complexity index is 135. The number of hydrogen-bond acceptors (Lipinski definition) is 3. The molecular formula is C4H7F3O3S. The highest BCUT2D eigenvalue weighted by Gasteiger charge is 2.26. The maximum Gasteiger partial charge on any atom is 0.391 e. The lowest BCUT2D eigenvalue weighted by molar-refractivity contribution is -0.139. The average molecular weight is 192 g/mol. The van der Waals surface area contributed by atoms with E-state index in [1.54, 1.807) is 0 Å². The summed E-state index contributed by atoms with van der Waals surface area (Å²) >= 11 is -2.06. The first-order chi connectivity index (χ1) is 4.95. The third-order valence-corrected chi connectivity index (χ3v) is 1.33. The van der Waals surface area contributed by atoms with Crippen LogP contribution in [0.15, 0.2) is 0 Å². The van der Waals surface area contributed by atoms with E-state index in [-0.39, 0.29) is 0 Å². The highest BCUT2D eigenvalue weighted by Crippen LogP contribution is 2.19. The lowest BCUT2D eigenvalue weighted by atomic mass is 10.5. The zero-order valence-corrected chi connectivity index (χ0v) is 6.50. The van der Waals surface area contributed by atoms with Crippen molar-refractivity contribution in [3.63, 3.8) is 0 Å². The average Bonchev–Trinajstić information content (AvgIpc) is 1.85. The van der Waals surface area contributed by atoms with Crippen LogP contribution in [0.2, 0.25) is 0 Å². The Morgan fingerprint density at radius 2 is 2.00 bits per heavy atom. The molecule has 0 rings (SSSR count). The molecule has 0 radical (unpaired) electrons. The second-order valence-electron chi connectivity index (χ2n) is 1.56. The smallest absolute Gasteiger partial charge is 0.272 e. The molecule has 11 heavy (non-hydrogen) atoms. The first-order valence-electron chi connectivity index (χ1n) is 2.62. The van der Waals surface area contributed by atoms with Gasteiger partial charge in [-0.2, -0.15) is 17.4 Å². The van der Waals surface area contributed by atoms with E-state index in [9.17, 15) is 17.4 Å². The van der Waals surface area contributed by atoms with Gasteiger partial charge < -0.3 is 0 Å². The number of hydrogen-bond donors (Lipinski definition) is 0. The Morgan fingerprint density at radius 1 is 1.45 bits per heavy atom. The van der Waals surface area contributed by atoms with Gasteiger partial charge >= 0.3 is 17.5 Å². The molecule has 0 spiro atoms. The van der Waals surface area contributed by atoms with Crippen LogP contribution < -0.4 is 0 Å². The van der Waals surface area contributed by atoms with Crippen LogP contribution in [-0.4, -0.2) is 24.1 Å². The van der Waals surface area contributed by atoms with Crippen molar-refractivity contribution < 1.29 is 25.7 Å². The molecule has 0 aromatic heterocycles. The summed E-state index contributed by atoms with van der Waals surface area (Å²) < 4.78 is 52.5. The molecule has 0 aliphatic rings. The number of rotatable bonds is 4. The molecule has 0 fully saturated rings. The van der Waals surface area contributed by atoms with E-state index in [1.165, 1.54) is 0 Å². The fourth-order valence-electron chi connectivity index (χ4n) is 0.274. The molecule has 0 heterocycles. The molecule has 3 nitrogen and oxygen atoms in total. The molecule has 1 atom stereocenters. The summed E-state index contributed by atoms with van der Waals surface area (Å²) in [6, 6.07) is 0. The second kappa shape index (κ2) is 4.68. The van der Waals surface area contributed by atoms with Gasteiger partial charge in [-0.15, -0.1) is 0 Å². The Hall–Kier alpha value is -0.140. The summed E-state index contributed by atoms with van der Waals surface area (Å²) in [6.45, 7) is -0.649. The molecule has 0 aromatic rings. The van der Waals surface area contributed by atoms with Crippen LogP contribution in [0.5, 0.6) is 0 Å². The number of alkyl halides is 3. The second-order valence-corrected chi connectivity index (χ2v) is 2.54. The predicted octanol–water partition coefficient (Wildman–Crippen LogP) is 1.18. The molecule has 0 aliphatic carbocycles. The fourth-order valence-corrected chi connectivity index (χ4v) is 0.589. The van der Waals surface area contributed by atoms with Crippen molar-refractivity contribution in [3.8, 4) is 0 Å². The zero-order chi connectivity index (χ0) is 8.91. The fraction of sp³-hybridized carbons (Fsp3) is 1.00. The van der Waals surface area contributed by atoms with Crippen LogP contribution in [0.4, 0.5) is 13.2 Å². The van der Waals surface area contributed by atoms with E-state index in [0.717, 1.165) is 7.11 Å². The standard InChI is InChI=1S/C4H7F3O3S/c1-9-11(8)10-3-2-4(5,6)7/h2-3H2,1H3. The quantitative estimate of drug-likeness (QED) is 0.671. The van der Waals surface area contributed by atoms with Crippen molar-refractivity contribution in [1.82, 2.24) is 0 Å². The van der Waals surface area contributed by atoms with E-state index in [4.69, 9.17) is 0 Å². The van der Waals surface area contributed by atoms with Crippen molar-refractivity contribution in [1.29, 1.82) is 0 Å². The molecule has 7 heteroatoms. The lowest BCUT2D eigenvalue weighted by Crippen LogP contribution is -2.12. The highest BCUT2D eigenvalue weighted by atomic mass is 32.2. The molecule has 0 N–H and O–H groups in total. The van der Waals surface area contributed by atoms with Gasteiger partial charge in [0.1, 0.15) is 0 Å². The predicted molar refractivity (Wildman–Crippen MR) is 31.8 cm³/mol. The Kier molecular flexibility index (Phi) is 4.62. The van der Waals surface area contributed by atoms with Gasteiger partial charge in [0.25, 0.3) is 0 Å². The van der Waals surface area contributed by atoms with Gasteiger partial charge in [-0.25, -0.2) is 0 Å². The Balaban J connectivity index is 3.35. The van der Waals surface area contributed by atoms with Crippen LogP contribution in [0.3, 0.4) is 0 Å². The molecule has 0 aromatic carbocycles. The van der Waals surface area contributed by atoms with E-state index >= 15 is 0 Å². The SMILES string of the molecule is COS(=O)OCCC(F)(F)F. The van der Waals surface area contributed by atoms with Gasteiger partial charge in [-0.05, 0) is 0 Å². The molecule has 0 aliphatic heterocycles. The van der Waals surface area contributed by atoms with Crippen LogP contribution >= 0.6 is 0 Å². The molecule has 1 unspecified atom stereocenters. The van der Waals surface area contributed by atoms with Crippen molar-refractivity contribution in [2.75, 3.05) is 13.7 Å². The molecule has 68 valence electrons. The van der Waals surface area contributed by atoms with Gasteiger partial charge in [0.2, 0.25) is 0 Å². The van der Waals surface area contributed by atoms with Crippen LogP contribution in [0.25, 0.3) is 0 Å². The van der Waals surface area contributed by atoms with Crippen LogP contribution in [0.1, 0.15) is 6.42 Å². The van der Waals surface area contributed by atoms with Crippen LogP contribution in [-0.2, 0) is 19.7 Å². The summed E-state index contributed by atoms with van der Waals surface area (Å²) in [5.74, 6) is 0. The van der Waals surface area contributed by atoms with Gasteiger partial charge in [0.05, 0.1) is 20.1 Å². The minimum atomic E-state index is -4.28. The third-order valence-electron chi connectivity index (χ3n) is 0.701. The molecular weight excluding hydrogens is 185 g/mol. The minimum Gasteiger partial charge on any atom is -0.272 e. The van der Waals surface area contributed by atoms with Gasteiger partial charge in [-0.3, -0.25) is 8.37 Å². The first-order valence-corrected chi connectivity index (χ1v) is 3.62. The van der Waals surface area contributed by atoms with E-state index in [2.05, 4.69) is 8.37 Å². The molecule has 0 amide bonds. The summed E-state index contributed by atoms with van der Waals surface area (Å²) in [4.78, 5) is 0. The molecule has 0 bridgehead atoms. The summed E-state index contributed by atoms with van der Waals surface area (Å²) in [6.07, 6.45) is -5.40. The van der Waals surface area contributed by atoms with Gasteiger partial charge in [0, 0.05) is 0 Å². The van der Waals surface area contributed by atoms with Crippen molar-refractivity contribution in [3.05, 3.63) is 0 Å². The van der Waals surface area contributed by atoms with Crippen LogP contribution in [0, 0.1) is 0 Å². The highest BCUT2D eigenvalue weighted by molar-refractivity contribution is 7.75. The monoisotopic (exact) mass is 192 g/mol. The Morgan fingerprint density at radius 3 is 2.36 bits per heavy atom. The van der Waals surface area contributed by atoms with Crippen molar-refractivity contribution in [2.24, 2.45) is 0 Å². The minimum absolute atomic E-state index is 0.649. The normalized spacial score (nSPS) is 14.9.